The number of allylic oxidation sites excluding steroid dienone is 2. The molecule has 0 amide bonds. The van der Waals surface area contributed by atoms with Gasteiger partial charge in [-0.05, 0) is 50.0 Å². The normalized spacial score (nSPS) is 25.8. The van der Waals surface area contributed by atoms with Gasteiger partial charge in [0.1, 0.15) is 0 Å². The summed E-state index contributed by atoms with van der Waals surface area (Å²) >= 11 is 0. The summed E-state index contributed by atoms with van der Waals surface area (Å²) in [6, 6.07) is 0. The smallest absolute Gasteiger partial charge is 0.200 e. The number of carbonyl (C=O) groups excluding carboxylic acids is 1. The summed E-state index contributed by atoms with van der Waals surface area (Å²) < 4.78 is 5.46. The van der Waals surface area contributed by atoms with Crippen molar-refractivity contribution in [2.75, 3.05) is 6.61 Å². The molecule has 2 nitrogen and oxygen atoms in total. The van der Waals surface area contributed by atoms with Crippen molar-refractivity contribution in [1.82, 2.24) is 0 Å². The minimum Gasteiger partial charge on any atom is -0.490 e. The SMILES string of the molecule is CC1(C)CCC(C(=O)C2=CCCCO2)CC1. The molecular weight excluding hydrogens is 200 g/mol. The maximum atomic E-state index is 12.2. The van der Waals surface area contributed by atoms with Crippen LogP contribution in [0.5, 0.6) is 0 Å². The third-order valence-electron chi connectivity index (χ3n) is 3.89. The first-order valence-electron chi connectivity index (χ1n) is 6.46. The summed E-state index contributed by atoms with van der Waals surface area (Å²) in [5.41, 5.74) is 0.429. The molecular formula is C14H22O2. The van der Waals surface area contributed by atoms with Crippen LogP contribution in [-0.2, 0) is 9.53 Å². The van der Waals surface area contributed by atoms with E-state index in [0.717, 1.165) is 45.1 Å². The molecule has 0 spiro atoms. The predicted octanol–water partition coefficient (Wildman–Crippen LogP) is 3.47. The van der Waals surface area contributed by atoms with Gasteiger partial charge >= 0.3 is 0 Å². The molecule has 0 bridgehead atoms. The number of hydrogen-bond donors (Lipinski definition) is 0. The van der Waals surface area contributed by atoms with E-state index < -0.39 is 0 Å². The van der Waals surface area contributed by atoms with Gasteiger partial charge in [0.05, 0.1) is 6.61 Å². The van der Waals surface area contributed by atoms with Gasteiger partial charge in [-0.1, -0.05) is 13.8 Å². The summed E-state index contributed by atoms with van der Waals surface area (Å²) in [5.74, 6) is 1.13. The third-order valence-corrected chi connectivity index (χ3v) is 3.89. The molecule has 0 aromatic rings. The molecule has 1 fully saturated rings. The first-order valence-corrected chi connectivity index (χ1v) is 6.46. The molecule has 0 atom stereocenters. The number of ether oxygens (including phenoxy) is 1. The number of carbonyl (C=O) groups is 1. The van der Waals surface area contributed by atoms with Crippen LogP contribution < -0.4 is 0 Å². The van der Waals surface area contributed by atoms with Crippen molar-refractivity contribution in [3.63, 3.8) is 0 Å². The highest BCUT2D eigenvalue weighted by molar-refractivity contribution is 5.95. The zero-order valence-corrected chi connectivity index (χ0v) is 10.4. The monoisotopic (exact) mass is 222 g/mol. The Labute approximate surface area is 98.1 Å². The summed E-state index contributed by atoms with van der Waals surface area (Å²) in [5, 5.41) is 0. The van der Waals surface area contributed by atoms with Crippen molar-refractivity contribution in [3.05, 3.63) is 11.8 Å². The molecule has 0 aromatic heterocycles. The van der Waals surface area contributed by atoms with Gasteiger partial charge in [-0.2, -0.15) is 0 Å². The first-order chi connectivity index (χ1) is 7.58. The Kier molecular flexibility index (Phi) is 3.36. The van der Waals surface area contributed by atoms with Crippen molar-refractivity contribution in [2.24, 2.45) is 11.3 Å². The molecule has 1 heterocycles. The zero-order chi connectivity index (χ0) is 11.6. The van der Waals surface area contributed by atoms with Crippen molar-refractivity contribution in [1.29, 1.82) is 0 Å². The van der Waals surface area contributed by atoms with Crippen LogP contribution in [-0.4, -0.2) is 12.4 Å². The lowest BCUT2D eigenvalue weighted by molar-refractivity contribution is -0.124. The standard InChI is InChI=1S/C14H22O2/c1-14(2)8-6-11(7-9-14)13(15)12-5-3-4-10-16-12/h5,11H,3-4,6-10H2,1-2H3. The van der Waals surface area contributed by atoms with Gasteiger partial charge in [0.25, 0.3) is 0 Å². The fraction of sp³-hybridized carbons (Fsp3) is 0.786. The molecule has 1 saturated carbocycles. The van der Waals surface area contributed by atoms with Crippen molar-refractivity contribution < 1.29 is 9.53 Å². The molecule has 16 heavy (non-hydrogen) atoms. The molecule has 1 aliphatic heterocycles. The van der Waals surface area contributed by atoms with Crippen molar-refractivity contribution in [3.8, 4) is 0 Å². The van der Waals surface area contributed by atoms with E-state index in [-0.39, 0.29) is 11.7 Å². The van der Waals surface area contributed by atoms with E-state index in [9.17, 15) is 4.79 Å². The molecule has 0 unspecified atom stereocenters. The highest BCUT2D eigenvalue weighted by atomic mass is 16.5. The average molecular weight is 222 g/mol. The van der Waals surface area contributed by atoms with E-state index in [2.05, 4.69) is 13.8 Å². The van der Waals surface area contributed by atoms with Gasteiger partial charge in [0, 0.05) is 5.92 Å². The molecule has 2 rings (SSSR count). The lowest BCUT2D eigenvalue weighted by Gasteiger charge is -2.34. The maximum absolute atomic E-state index is 12.2. The third kappa shape index (κ3) is 2.66. The fourth-order valence-electron chi connectivity index (χ4n) is 2.59. The summed E-state index contributed by atoms with van der Waals surface area (Å²) in [6.07, 6.45) is 8.42. The Morgan fingerprint density at radius 2 is 2.06 bits per heavy atom. The average Bonchev–Trinajstić information content (AvgIpc) is 2.29. The van der Waals surface area contributed by atoms with Crippen LogP contribution in [0.25, 0.3) is 0 Å². The Morgan fingerprint density at radius 3 is 2.62 bits per heavy atom. The van der Waals surface area contributed by atoms with Crippen molar-refractivity contribution >= 4 is 5.78 Å². The molecule has 90 valence electrons. The second-order valence-electron chi connectivity index (χ2n) is 5.86. The van der Waals surface area contributed by atoms with Gasteiger partial charge in [0.2, 0.25) is 0 Å². The van der Waals surface area contributed by atoms with E-state index >= 15 is 0 Å². The largest absolute Gasteiger partial charge is 0.490 e. The van der Waals surface area contributed by atoms with Crippen LogP contribution in [0.2, 0.25) is 0 Å². The zero-order valence-electron chi connectivity index (χ0n) is 10.4. The molecule has 1 aliphatic carbocycles. The summed E-state index contributed by atoms with van der Waals surface area (Å²) in [6.45, 7) is 5.31. The minimum atomic E-state index is 0.220. The van der Waals surface area contributed by atoms with E-state index in [4.69, 9.17) is 4.74 Å². The van der Waals surface area contributed by atoms with Gasteiger partial charge < -0.3 is 4.74 Å². The fourth-order valence-corrected chi connectivity index (χ4v) is 2.59. The van der Waals surface area contributed by atoms with E-state index in [1.54, 1.807) is 0 Å². The van der Waals surface area contributed by atoms with Gasteiger partial charge in [-0.25, -0.2) is 0 Å². The Balaban J connectivity index is 1.93. The Bertz CT molecular complexity index is 292. The quantitative estimate of drug-likeness (QED) is 0.715. The molecule has 0 aromatic carbocycles. The van der Waals surface area contributed by atoms with Gasteiger partial charge in [0.15, 0.2) is 11.5 Å². The Hall–Kier alpha value is -0.790. The van der Waals surface area contributed by atoms with Crippen molar-refractivity contribution in [2.45, 2.75) is 52.4 Å². The lowest BCUT2D eigenvalue weighted by Crippen LogP contribution is -2.28. The highest BCUT2D eigenvalue weighted by Gasteiger charge is 2.32. The maximum Gasteiger partial charge on any atom is 0.200 e. The molecule has 2 heteroatoms. The molecule has 0 radical (unpaired) electrons. The lowest BCUT2D eigenvalue weighted by atomic mass is 9.72. The molecule has 0 N–H and O–H groups in total. The van der Waals surface area contributed by atoms with Crippen LogP contribution in [0.1, 0.15) is 52.4 Å². The second-order valence-corrected chi connectivity index (χ2v) is 5.86. The van der Waals surface area contributed by atoms with Crippen LogP contribution in [0.3, 0.4) is 0 Å². The van der Waals surface area contributed by atoms with Gasteiger partial charge in [-0.3, -0.25) is 4.79 Å². The summed E-state index contributed by atoms with van der Waals surface area (Å²) in [7, 11) is 0. The first kappa shape index (κ1) is 11.7. The van der Waals surface area contributed by atoms with Crippen LogP contribution in [0, 0.1) is 11.3 Å². The topological polar surface area (TPSA) is 26.3 Å². The second kappa shape index (κ2) is 4.60. The van der Waals surface area contributed by atoms with E-state index in [1.807, 2.05) is 6.08 Å². The highest BCUT2D eigenvalue weighted by Crippen LogP contribution is 2.39. The Morgan fingerprint density at radius 1 is 1.38 bits per heavy atom. The number of ketones is 1. The van der Waals surface area contributed by atoms with Crippen LogP contribution in [0.4, 0.5) is 0 Å². The number of rotatable bonds is 2. The van der Waals surface area contributed by atoms with Crippen LogP contribution >= 0.6 is 0 Å². The minimum absolute atomic E-state index is 0.220. The predicted molar refractivity (Wildman–Crippen MR) is 64.0 cm³/mol. The van der Waals surface area contributed by atoms with E-state index in [0.29, 0.717) is 11.2 Å². The number of Topliss-reactive ketones (excluding diaryl/α,β-unsaturated/α-hetero) is 1. The van der Waals surface area contributed by atoms with Gasteiger partial charge in [-0.15, -0.1) is 0 Å². The number of hydrogen-bond acceptors (Lipinski definition) is 2. The van der Waals surface area contributed by atoms with E-state index in [1.165, 1.54) is 0 Å². The molecule has 0 saturated heterocycles. The summed E-state index contributed by atoms with van der Waals surface area (Å²) in [4.78, 5) is 12.2. The molecule has 2 aliphatic rings. The van der Waals surface area contributed by atoms with Crippen LogP contribution in [0.15, 0.2) is 11.8 Å².